The number of aliphatic hydroxyl groups excluding tert-OH is 12. The van der Waals surface area contributed by atoms with Crippen LogP contribution >= 0.6 is 0 Å². The van der Waals surface area contributed by atoms with E-state index >= 15 is 0 Å². The number of hydrogen-bond donors (Lipinski definition) is 13. The Hall–Kier alpha value is -1.01. The summed E-state index contributed by atoms with van der Waals surface area (Å²) in [4.78, 5) is 10.4. The Morgan fingerprint density at radius 2 is 0.521 bits per heavy atom. The normalized spacial score (nSPS) is 10.5. The first-order chi connectivity index (χ1) is 23.0. The maximum absolute atomic E-state index is 10.4. The van der Waals surface area contributed by atoms with Crippen molar-refractivity contribution >= 4 is 5.97 Å². The second kappa shape index (κ2) is 52.8. The molecule has 0 saturated carbocycles. The largest absolute Gasteiger partial charge is 0.481 e. The third kappa shape index (κ3) is 67.2. The van der Waals surface area contributed by atoms with Gasteiger partial charge in [0, 0.05) is 6.42 Å². The lowest BCUT2D eigenvalue weighted by Crippen LogP contribution is -2.15. The van der Waals surface area contributed by atoms with Crippen LogP contribution in [0.5, 0.6) is 0 Å². The Balaban J connectivity index is -0.000000206. The molecule has 0 saturated heterocycles. The molecule has 13 N–H and O–H groups in total. The Labute approximate surface area is 289 Å². The van der Waals surface area contributed by atoms with Gasteiger partial charge in [-0.3, -0.25) is 4.79 Å². The van der Waals surface area contributed by atoms with E-state index in [4.69, 9.17) is 66.4 Å². The molecule has 0 aromatic carbocycles. The predicted molar refractivity (Wildman–Crippen MR) is 186 cm³/mol. The summed E-state index contributed by atoms with van der Waals surface area (Å²) < 4.78 is 0. The number of aliphatic hydroxyl groups is 12. The fourth-order valence-corrected chi connectivity index (χ4v) is 3.59. The molecule has 14 nitrogen and oxygen atoms in total. The Bertz CT molecular complexity index is 490. The van der Waals surface area contributed by atoms with Crippen LogP contribution in [0.1, 0.15) is 135 Å². The Morgan fingerprint density at radius 3 is 0.646 bits per heavy atom. The van der Waals surface area contributed by atoms with Crippen LogP contribution in [0, 0.1) is 0 Å². The molecule has 0 amide bonds. The van der Waals surface area contributed by atoms with Crippen molar-refractivity contribution < 1.29 is 71.2 Å². The summed E-state index contributed by atoms with van der Waals surface area (Å²) in [5.74, 6) is -0.651. The third-order valence-electron chi connectivity index (χ3n) is 6.68. The van der Waals surface area contributed by atoms with Crippen molar-refractivity contribution in [1.29, 1.82) is 0 Å². The highest BCUT2D eigenvalue weighted by Gasteiger charge is 1.98. The second-order valence-electron chi connectivity index (χ2n) is 11.6. The molecule has 0 rings (SSSR count). The third-order valence-corrected chi connectivity index (χ3v) is 6.68. The van der Waals surface area contributed by atoms with Gasteiger partial charge in [-0.1, -0.05) is 122 Å². The van der Waals surface area contributed by atoms with E-state index in [0.717, 1.165) is 12.8 Å². The van der Waals surface area contributed by atoms with Gasteiger partial charge in [0.25, 0.3) is 0 Å². The Morgan fingerprint density at radius 1 is 0.354 bits per heavy atom. The summed E-state index contributed by atoms with van der Waals surface area (Å²) >= 11 is 0. The molecule has 0 aromatic rings. The first-order valence-electron chi connectivity index (χ1n) is 17.8. The number of unbranched alkanes of at least 4 members (excludes halogenated alkanes) is 18. The van der Waals surface area contributed by atoms with E-state index in [9.17, 15) is 4.79 Å². The van der Waals surface area contributed by atoms with Crippen molar-refractivity contribution in [3.8, 4) is 0 Å². The van der Waals surface area contributed by atoms with Crippen LogP contribution in [0.3, 0.4) is 0 Å². The van der Waals surface area contributed by atoms with Crippen LogP contribution in [0.2, 0.25) is 0 Å². The molecule has 0 heterocycles. The van der Waals surface area contributed by atoms with E-state index in [1.807, 2.05) is 0 Å². The molecular weight excluding hydrogens is 632 g/mol. The van der Waals surface area contributed by atoms with Gasteiger partial charge < -0.3 is 66.4 Å². The van der Waals surface area contributed by atoms with E-state index in [0.29, 0.717) is 6.42 Å². The van der Waals surface area contributed by atoms with Gasteiger partial charge in [0.2, 0.25) is 0 Å². The van der Waals surface area contributed by atoms with Gasteiger partial charge >= 0.3 is 5.97 Å². The monoisotopic (exact) mass is 709 g/mol. The predicted octanol–water partition coefficient (Wildman–Crippen LogP) is 1.22. The van der Waals surface area contributed by atoms with Crippen molar-refractivity contribution in [2.24, 2.45) is 0 Å². The van der Waals surface area contributed by atoms with Crippen LogP contribution in [0.4, 0.5) is 0 Å². The zero-order valence-corrected chi connectivity index (χ0v) is 29.8. The van der Waals surface area contributed by atoms with Gasteiger partial charge in [0.1, 0.15) is 24.4 Å². The smallest absolute Gasteiger partial charge is 0.303 e. The van der Waals surface area contributed by atoms with Gasteiger partial charge in [-0.05, 0) is 6.42 Å². The zero-order chi connectivity index (χ0) is 37.7. The maximum atomic E-state index is 10.4. The summed E-state index contributed by atoms with van der Waals surface area (Å²) in [5.41, 5.74) is 0. The fraction of sp³-hybridized carbons (Fsp3) is 0.971. The number of hydrogen-bond acceptors (Lipinski definition) is 13. The van der Waals surface area contributed by atoms with Crippen molar-refractivity contribution in [3.63, 3.8) is 0 Å². The molecular formula is C34H76O14. The molecule has 0 fully saturated rings. The van der Waals surface area contributed by atoms with Crippen LogP contribution in [0.15, 0.2) is 0 Å². The maximum Gasteiger partial charge on any atom is 0.303 e. The highest BCUT2D eigenvalue weighted by Crippen LogP contribution is 2.14. The lowest BCUT2D eigenvalue weighted by molar-refractivity contribution is -0.137. The zero-order valence-electron chi connectivity index (χ0n) is 29.8. The van der Waals surface area contributed by atoms with Crippen molar-refractivity contribution in [3.05, 3.63) is 0 Å². The molecule has 0 atom stereocenters. The highest BCUT2D eigenvalue weighted by atomic mass is 16.4. The van der Waals surface area contributed by atoms with Gasteiger partial charge in [-0.15, -0.1) is 0 Å². The minimum atomic E-state index is -0.954. The standard InChI is InChI=1S/C22H44O2.4C3H8O3/c1-2-3-4-5-6-7-8-9-10-11-12-13-14-15-16-17-18-19-20-21-22(23)24;4*4-1-3(6)2-5/h2-21H2,1H3,(H,23,24);4*3-6H,1-2H2. The molecule has 48 heavy (non-hydrogen) atoms. The molecule has 0 bridgehead atoms. The van der Waals surface area contributed by atoms with Crippen molar-refractivity contribution in [2.45, 2.75) is 160 Å². The van der Waals surface area contributed by atoms with Crippen LogP contribution in [0.25, 0.3) is 0 Å². The minimum absolute atomic E-state index is 0.346. The molecule has 0 aromatic heterocycles. The van der Waals surface area contributed by atoms with E-state index in [-0.39, 0.29) is 52.9 Å². The van der Waals surface area contributed by atoms with Crippen LogP contribution < -0.4 is 0 Å². The summed E-state index contributed by atoms with van der Waals surface area (Å²) in [6.45, 7) is -0.634. The summed E-state index contributed by atoms with van der Waals surface area (Å²) in [5, 5.41) is 105. The lowest BCUT2D eigenvalue weighted by atomic mass is 10.0. The molecule has 14 heteroatoms. The summed E-state index contributed by atoms with van der Waals surface area (Å²) in [7, 11) is 0. The van der Waals surface area contributed by atoms with E-state index in [1.165, 1.54) is 109 Å². The number of aliphatic carboxylic acids is 1. The molecule has 296 valence electrons. The molecule has 0 aliphatic carbocycles. The van der Waals surface area contributed by atoms with Gasteiger partial charge in [-0.2, -0.15) is 0 Å². The second-order valence-corrected chi connectivity index (χ2v) is 11.6. The SMILES string of the molecule is CCCCCCCCCCCCCCCCCCCCCC(=O)O.OCC(O)CO.OCC(O)CO.OCC(O)CO.OCC(O)CO. The first-order valence-corrected chi connectivity index (χ1v) is 17.8. The molecule has 0 radical (unpaired) electrons. The van der Waals surface area contributed by atoms with Gasteiger partial charge in [0.15, 0.2) is 0 Å². The molecule has 0 aliphatic heterocycles. The molecule has 0 unspecified atom stereocenters. The first kappa shape index (κ1) is 56.4. The number of carbonyl (C=O) groups is 1. The average molecular weight is 709 g/mol. The fourth-order valence-electron chi connectivity index (χ4n) is 3.59. The highest BCUT2D eigenvalue weighted by molar-refractivity contribution is 5.66. The van der Waals surface area contributed by atoms with E-state index < -0.39 is 30.4 Å². The minimum Gasteiger partial charge on any atom is -0.481 e. The quantitative estimate of drug-likeness (QED) is 0.0509. The molecule has 0 spiro atoms. The van der Waals surface area contributed by atoms with Gasteiger partial charge in [0.05, 0.1) is 52.9 Å². The van der Waals surface area contributed by atoms with Crippen LogP contribution in [-0.2, 0) is 4.79 Å². The number of carboxylic acid groups (broad SMARTS) is 1. The van der Waals surface area contributed by atoms with E-state index in [2.05, 4.69) is 6.92 Å². The lowest BCUT2D eigenvalue weighted by Gasteiger charge is -2.03. The molecule has 0 aliphatic rings. The summed E-state index contributed by atoms with van der Waals surface area (Å²) in [6.07, 6.45) is 22.3. The van der Waals surface area contributed by atoms with Crippen LogP contribution in [-0.4, -0.2) is 150 Å². The van der Waals surface area contributed by atoms with Gasteiger partial charge in [-0.25, -0.2) is 0 Å². The van der Waals surface area contributed by atoms with E-state index in [1.54, 1.807) is 0 Å². The average Bonchev–Trinajstić information content (AvgIpc) is 3.11. The van der Waals surface area contributed by atoms with Crippen molar-refractivity contribution in [2.75, 3.05) is 52.9 Å². The number of carboxylic acids is 1. The van der Waals surface area contributed by atoms with Crippen molar-refractivity contribution in [1.82, 2.24) is 0 Å². The topological polar surface area (TPSA) is 280 Å². The Kier molecular flexibility index (Phi) is 62.0. The summed E-state index contributed by atoms with van der Waals surface area (Å²) in [6, 6.07) is 0. The number of rotatable bonds is 28.